The third kappa shape index (κ3) is 8.41. The van der Waals surface area contributed by atoms with Crippen LogP contribution in [0, 0.1) is 5.41 Å². The van der Waals surface area contributed by atoms with Crippen molar-refractivity contribution < 1.29 is 14.6 Å². The number of hydrogen-bond donors (Lipinski definition) is 2. The van der Waals surface area contributed by atoms with Crippen molar-refractivity contribution in [2.75, 3.05) is 13.2 Å². The second-order valence-electron chi connectivity index (χ2n) is 6.72. The Morgan fingerprint density at radius 1 is 1.10 bits per heavy atom. The van der Waals surface area contributed by atoms with Crippen LogP contribution >= 0.6 is 0 Å². The molecular formula is C16H33NO3. The van der Waals surface area contributed by atoms with Crippen molar-refractivity contribution in [3.8, 4) is 0 Å². The maximum Gasteiger partial charge on any atom is 0.407 e. The first-order chi connectivity index (χ1) is 9.28. The summed E-state index contributed by atoms with van der Waals surface area (Å²) >= 11 is 0. The molecule has 0 aliphatic carbocycles. The maximum absolute atomic E-state index is 11.8. The molecule has 4 heteroatoms. The number of aliphatic hydroxyl groups is 1. The number of nitrogens with one attached hydrogen (secondary N) is 1. The fraction of sp³-hybridized carbons (Fsp3) is 0.938. The number of ether oxygens (including phenoxy) is 1. The number of carbonyl (C=O) groups is 1. The van der Waals surface area contributed by atoms with Gasteiger partial charge in [-0.1, -0.05) is 39.5 Å². The van der Waals surface area contributed by atoms with Gasteiger partial charge in [-0.3, -0.25) is 0 Å². The molecule has 0 unspecified atom stereocenters. The molecule has 0 bridgehead atoms. The molecule has 0 saturated heterocycles. The molecule has 120 valence electrons. The van der Waals surface area contributed by atoms with E-state index in [0.29, 0.717) is 6.54 Å². The van der Waals surface area contributed by atoms with Crippen LogP contribution in [0.1, 0.15) is 73.1 Å². The van der Waals surface area contributed by atoms with Gasteiger partial charge in [0.05, 0.1) is 6.61 Å². The molecule has 0 aliphatic heterocycles. The van der Waals surface area contributed by atoms with E-state index < -0.39 is 11.7 Å². The first-order valence-electron chi connectivity index (χ1n) is 7.86. The summed E-state index contributed by atoms with van der Waals surface area (Å²) in [6.45, 7) is 10.4. The zero-order chi connectivity index (χ0) is 15.6. The van der Waals surface area contributed by atoms with E-state index in [4.69, 9.17) is 4.74 Å². The van der Waals surface area contributed by atoms with Gasteiger partial charge in [0.1, 0.15) is 5.60 Å². The first-order valence-corrected chi connectivity index (χ1v) is 7.86. The Hall–Kier alpha value is -0.770. The van der Waals surface area contributed by atoms with Crippen LogP contribution in [0.15, 0.2) is 0 Å². The zero-order valence-corrected chi connectivity index (χ0v) is 13.9. The van der Waals surface area contributed by atoms with Gasteiger partial charge in [0, 0.05) is 12.0 Å². The van der Waals surface area contributed by atoms with E-state index in [-0.39, 0.29) is 12.0 Å². The minimum atomic E-state index is -0.487. The molecule has 4 nitrogen and oxygen atoms in total. The Kier molecular flexibility index (Phi) is 8.86. The molecule has 0 spiro atoms. The van der Waals surface area contributed by atoms with Crippen molar-refractivity contribution in [2.24, 2.45) is 5.41 Å². The van der Waals surface area contributed by atoms with Gasteiger partial charge in [-0.15, -0.1) is 0 Å². The third-order valence-corrected chi connectivity index (χ3v) is 3.46. The fourth-order valence-corrected chi connectivity index (χ4v) is 2.19. The second-order valence-corrected chi connectivity index (χ2v) is 6.72. The predicted octanol–water partition coefficient (Wildman–Crippen LogP) is 3.87. The number of carbonyl (C=O) groups excluding carboxylic acids is 1. The molecule has 0 aliphatic rings. The average molecular weight is 287 g/mol. The SMILES string of the molecule is CCCCC(CO)(CCCC)CNC(=O)OC(C)(C)C. The van der Waals surface area contributed by atoms with Crippen LogP contribution in [0.25, 0.3) is 0 Å². The minimum Gasteiger partial charge on any atom is -0.444 e. The summed E-state index contributed by atoms with van der Waals surface area (Å²) < 4.78 is 5.25. The van der Waals surface area contributed by atoms with E-state index in [2.05, 4.69) is 19.2 Å². The van der Waals surface area contributed by atoms with Crippen LogP contribution in [0.5, 0.6) is 0 Å². The zero-order valence-electron chi connectivity index (χ0n) is 13.9. The number of rotatable bonds is 9. The van der Waals surface area contributed by atoms with Crippen molar-refractivity contribution in [3.63, 3.8) is 0 Å². The number of aliphatic hydroxyl groups excluding tert-OH is 1. The van der Waals surface area contributed by atoms with Crippen molar-refractivity contribution in [1.29, 1.82) is 0 Å². The number of hydrogen-bond acceptors (Lipinski definition) is 3. The van der Waals surface area contributed by atoms with Crippen LogP contribution in [-0.4, -0.2) is 30.0 Å². The van der Waals surface area contributed by atoms with Crippen molar-refractivity contribution in [2.45, 2.75) is 78.7 Å². The summed E-state index contributed by atoms with van der Waals surface area (Å²) in [6.07, 6.45) is 5.82. The Morgan fingerprint density at radius 3 is 1.95 bits per heavy atom. The lowest BCUT2D eigenvalue weighted by atomic mass is 9.79. The van der Waals surface area contributed by atoms with Gasteiger partial charge in [0.25, 0.3) is 0 Å². The molecule has 0 radical (unpaired) electrons. The lowest BCUT2D eigenvalue weighted by Crippen LogP contribution is -2.42. The first kappa shape index (κ1) is 19.2. The molecule has 2 N–H and O–H groups in total. The highest BCUT2D eigenvalue weighted by Gasteiger charge is 2.29. The van der Waals surface area contributed by atoms with Gasteiger partial charge in [-0.2, -0.15) is 0 Å². The summed E-state index contributed by atoms with van der Waals surface area (Å²) in [5.74, 6) is 0. The summed E-state index contributed by atoms with van der Waals surface area (Å²) in [6, 6.07) is 0. The molecule has 0 rings (SSSR count). The fourth-order valence-electron chi connectivity index (χ4n) is 2.19. The molecule has 0 fully saturated rings. The largest absolute Gasteiger partial charge is 0.444 e. The number of amides is 1. The molecule has 0 heterocycles. The summed E-state index contributed by atoms with van der Waals surface area (Å²) in [5.41, 5.74) is -0.693. The smallest absolute Gasteiger partial charge is 0.407 e. The van der Waals surface area contributed by atoms with Crippen molar-refractivity contribution in [1.82, 2.24) is 5.32 Å². The van der Waals surface area contributed by atoms with Crippen LogP contribution in [0.2, 0.25) is 0 Å². The molecule has 0 atom stereocenters. The third-order valence-electron chi connectivity index (χ3n) is 3.46. The van der Waals surface area contributed by atoms with Crippen molar-refractivity contribution >= 4 is 6.09 Å². The van der Waals surface area contributed by atoms with Gasteiger partial charge < -0.3 is 15.2 Å². The average Bonchev–Trinajstić information content (AvgIpc) is 2.36. The van der Waals surface area contributed by atoms with Gasteiger partial charge in [-0.25, -0.2) is 4.79 Å². The van der Waals surface area contributed by atoms with Crippen LogP contribution in [0.3, 0.4) is 0 Å². The van der Waals surface area contributed by atoms with E-state index in [1.165, 1.54) is 0 Å². The quantitative estimate of drug-likeness (QED) is 0.677. The Labute approximate surface area is 124 Å². The lowest BCUT2D eigenvalue weighted by molar-refractivity contribution is 0.0439. The van der Waals surface area contributed by atoms with Crippen LogP contribution < -0.4 is 5.32 Å². The van der Waals surface area contributed by atoms with E-state index in [0.717, 1.165) is 38.5 Å². The monoisotopic (exact) mass is 287 g/mol. The van der Waals surface area contributed by atoms with Crippen molar-refractivity contribution in [3.05, 3.63) is 0 Å². The standard InChI is InChI=1S/C16H33NO3/c1-6-8-10-16(13-18,11-9-7-2)12-17-14(19)20-15(3,4)5/h18H,6-13H2,1-5H3,(H,17,19). The summed E-state index contributed by atoms with van der Waals surface area (Å²) in [7, 11) is 0. The minimum absolute atomic E-state index is 0.114. The topological polar surface area (TPSA) is 58.6 Å². The molecular weight excluding hydrogens is 254 g/mol. The second kappa shape index (κ2) is 9.22. The Balaban J connectivity index is 4.50. The molecule has 0 aromatic carbocycles. The molecule has 0 saturated carbocycles. The normalized spacial score (nSPS) is 12.3. The predicted molar refractivity (Wildman–Crippen MR) is 82.8 cm³/mol. The highest BCUT2D eigenvalue weighted by molar-refractivity contribution is 5.67. The molecule has 1 amide bonds. The molecule has 20 heavy (non-hydrogen) atoms. The maximum atomic E-state index is 11.8. The Morgan fingerprint density at radius 2 is 1.60 bits per heavy atom. The molecule has 0 aromatic heterocycles. The van der Waals surface area contributed by atoms with Crippen LogP contribution in [-0.2, 0) is 4.74 Å². The van der Waals surface area contributed by atoms with Gasteiger partial charge >= 0.3 is 6.09 Å². The van der Waals surface area contributed by atoms with Gasteiger partial charge in [0.2, 0.25) is 0 Å². The highest BCUT2D eigenvalue weighted by Crippen LogP contribution is 2.30. The van der Waals surface area contributed by atoms with E-state index in [1.54, 1.807) is 0 Å². The van der Waals surface area contributed by atoms with E-state index in [1.807, 2.05) is 20.8 Å². The Bertz CT molecular complexity index is 263. The number of unbranched alkanes of at least 4 members (excludes halogenated alkanes) is 2. The summed E-state index contributed by atoms with van der Waals surface area (Å²) in [5, 5.41) is 12.6. The lowest BCUT2D eigenvalue weighted by Gasteiger charge is -2.32. The summed E-state index contributed by atoms with van der Waals surface area (Å²) in [4.78, 5) is 11.8. The number of alkyl carbamates (subject to hydrolysis) is 1. The van der Waals surface area contributed by atoms with Gasteiger partial charge in [0.15, 0.2) is 0 Å². The van der Waals surface area contributed by atoms with Gasteiger partial charge in [-0.05, 0) is 33.6 Å². The van der Waals surface area contributed by atoms with E-state index in [9.17, 15) is 9.90 Å². The highest BCUT2D eigenvalue weighted by atomic mass is 16.6. The van der Waals surface area contributed by atoms with Crippen LogP contribution in [0.4, 0.5) is 4.79 Å². The van der Waals surface area contributed by atoms with E-state index >= 15 is 0 Å². The molecule has 0 aromatic rings.